The lowest BCUT2D eigenvalue weighted by Gasteiger charge is -2.00. The number of aromatic nitrogens is 2. The molecule has 1 amide bonds. The molecule has 0 spiro atoms. The van der Waals surface area contributed by atoms with Crippen LogP contribution in [0.2, 0.25) is 0 Å². The molecule has 0 atom stereocenters. The number of carbonyl (C=O) groups is 1. The van der Waals surface area contributed by atoms with Crippen LogP contribution in [0.1, 0.15) is 20.2 Å². The second-order valence-corrected chi connectivity index (χ2v) is 4.46. The molecule has 78 valence electrons. The highest BCUT2D eigenvalue weighted by molar-refractivity contribution is 7.13. The second-order valence-electron chi connectivity index (χ2n) is 3.17. The van der Waals surface area contributed by atoms with E-state index in [1.165, 1.54) is 11.3 Å². The van der Waals surface area contributed by atoms with Crippen LogP contribution in [-0.2, 0) is 6.54 Å². The normalized spacial score (nSPS) is 10.2. The highest BCUT2D eigenvalue weighted by Gasteiger charge is 2.07. The number of H-pyrrole nitrogens is 1. The van der Waals surface area contributed by atoms with Crippen LogP contribution >= 0.6 is 11.3 Å². The third-order valence-electron chi connectivity index (χ3n) is 1.96. The number of aromatic amines is 1. The Morgan fingerprint density at radius 2 is 2.47 bits per heavy atom. The molecule has 2 aromatic heterocycles. The van der Waals surface area contributed by atoms with Crippen molar-refractivity contribution in [1.29, 1.82) is 0 Å². The number of thiophene rings is 1. The molecule has 0 saturated carbocycles. The minimum Gasteiger partial charge on any atom is -0.347 e. The van der Waals surface area contributed by atoms with Crippen molar-refractivity contribution in [2.45, 2.75) is 13.5 Å². The van der Waals surface area contributed by atoms with Gasteiger partial charge in [-0.3, -0.25) is 4.79 Å². The van der Waals surface area contributed by atoms with Crippen LogP contribution in [0.25, 0.3) is 0 Å². The molecule has 0 fully saturated rings. The van der Waals surface area contributed by atoms with E-state index in [2.05, 4.69) is 15.3 Å². The summed E-state index contributed by atoms with van der Waals surface area (Å²) in [5.41, 5.74) is 0.900. The summed E-state index contributed by atoms with van der Waals surface area (Å²) in [4.78, 5) is 20.3. The monoisotopic (exact) mass is 221 g/mol. The number of carbonyl (C=O) groups excluding carboxylic acids is 1. The van der Waals surface area contributed by atoms with Gasteiger partial charge in [0.05, 0.1) is 23.4 Å². The Kier molecular flexibility index (Phi) is 2.82. The van der Waals surface area contributed by atoms with Gasteiger partial charge >= 0.3 is 0 Å². The summed E-state index contributed by atoms with van der Waals surface area (Å²) in [7, 11) is 0. The van der Waals surface area contributed by atoms with E-state index in [4.69, 9.17) is 0 Å². The van der Waals surface area contributed by atoms with E-state index in [1.54, 1.807) is 12.5 Å². The number of nitrogens with zero attached hydrogens (tertiary/aromatic N) is 1. The lowest BCUT2D eigenvalue weighted by Crippen LogP contribution is -2.21. The van der Waals surface area contributed by atoms with Gasteiger partial charge in [0, 0.05) is 11.1 Å². The van der Waals surface area contributed by atoms with Crippen molar-refractivity contribution < 1.29 is 4.79 Å². The van der Waals surface area contributed by atoms with Crippen molar-refractivity contribution in [3.63, 3.8) is 0 Å². The summed E-state index contributed by atoms with van der Waals surface area (Å²) in [6.07, 6.45) is 3.29. The minimum absolute atomic E-state index is 0.0392. The Bertz CT molecular complexity index is 447. The summed E-state index contributed by atoms with van der Waals surface area (Å²) in [5.74, 6) is -0.0392. The molecule has 15 heavy (non-hydrogen) atoms. The molecule has 2 rings (SSSR count). The average molecular weight is 221 g/mol. The highest BCUT2D eigenvalue weighted by Crippen LogP contribution is 2.14. The molecule has 0 aromatic carbocycles. The van der Waals surface area contributed by atoms with Gasteiger partial charge in [0.15, 0.2) is 0 Å². The minimum atomic E-state index is -0.0392. The Labute approximate surface area is 91.4 Å². The molecule has 0 unspecified atom stereocenters. The van der Waals surface area contributed by atoms with Crippen LogP contribution in [0, 0.1) is 6.92 Å². The van der Waals surface area contributed by atoms with Crippen LogP contribution in [0.15, 0.2) is 24.7 Å². The quantitative estimate of drug-likeness (QED) is 0.829. The Balaban J connectivity index is 1.93. The first-order chi connectivity index (χ1) is 7.25. The predicted octanol–water partition coefficient (Wildman–Crippen LogP) is 1.71. The molecular formula is C10H11N3OS. The summed E-state index contributed by atoms with van der Waals surface area (Å²) in [6, 6.07) is 3.78. The molecule has 5 heteroatoms. The number of rotatable bonds is 3. The molecule has 0 radical (unpaired) electrons. The number of hydrogen-bond donors (Lipinski definition) is 2. The third-order valence-corrected chi connectivity index (χ3v) is 2.96. The van der Waals surface area contributed by atoms with E-state index in [-0.39, 0.29) is 5.91 Å². The number of imidazole rings is 1. The molecular weight excluding hydrogens is 210 g/mol. The van der Waals surface area contributed by atoms with E-state index < -0.39 is 0 Å². The van der Waals surface area contributed by atoms with Crippen molar-refractivity contribution in [2.24, 2.45) is 0 Å². The first-order valence-corrected chi connectivity index (χ1v) is 5.39. The maximum Gasteiger partial charge on any atom is 0.261 e. The molecule has 0 aliphatic carbocycles. The van der Waals surface area contributed by atoms with Crippen molar-refractivity contribution in [3.05, 3.63) is 40.1 Å². The molecule has 0 bridgehead atoms. The number of hydrogen-bond acceptors (Lipinski definition) is 3. The Morgan fingerprint density at radius 1 is 1.60 bits per heavy atom. The van der Waals surface area contributed by atoms with Gasteiger partial charge in [-0.2, -0.15) is 0 Å². The van der Waals surface area contributed by atoms with Crippen LogP contribution in [-0.4, -0.2) is 15.9 Å². The Hall–Kier alpha value is -1.62. The van der Waals surface area contributed by atoms with E-state index in [9.17, 15) is 4.79 Å². The largest absolute Gasteiger partial charge is 0.347 e. The zero-order valence-corrected chi connectivity index (χ0v) is 9.10. The zero-order valence-electron chi connectivity index (χ0n) is 8.28. The third kappa shape index (κ3) is 2.44. The van der Waals surface area contributed by atoms with E-state index in [1.807, 2.05) is 19.1 Å². The molecule has 2 aromatic rings. The number of aryl methyl sites for hydroxylation is 1. The van der Waals surface area contributed by atoms with Crippen molar-refractivity contribution in [3.8, 4) is 0 Å². The smallest absolute Gasteiger partial charge is 0.261 e. The Morgan fingerprint density at radius 3 is 3.07 bits per heavy atom. The lowest BCUT2D eigenvalue weighted by atomic mass is 10.4. The number of amides is 1. The highest BCUT2D eigenvalue weighted by atomic mass is 32.1. The van der Waals surface area contributed by atoms with Crippen molar-refractivity contribution in [2.75, 3.05) is 0 Å². The molecule has 2 heterocycles. The SMILES string of the molecule is Cc1ccc(C(=O)NCc2cnc[nH]2)s1. The van der Waals surface area contributed by atoms with Gasteiger partial charge in [0.1, 0.15) is 0 Å². The van der Waals surface area contributed by atoms with Crippen molar-refractivity contribution in [1.82, 2.24) is 15.3 Å². The molecule has 0 saturated heterocycles. The molecule has 0 aliphatic heterocycles. The molecule has 2 N–H and O–H groups in total. The second kappa shape index (κ2) is 4.27. The maximum atomic E-state index is 11.6. The predicted molar refractivity (Wildman–Crippen MR) is 58.8 cm³/mol. The van der Waals surface area contributed by atoms with Gasteiger partial charge in [0.25, 0.3) is 5.91 Å². The lowest BCUT2D eigenvalue weighted by molar-refractivity contribution is 0.0954. The first-order valence-electron chi connectivity index (χ1n) is 4.57. The van der Waals surface area contributed by atoms with E-state index in [0.717, 1.165) is 15.4 Å². The van der Waals surface area contributed by atoms with Crippen molar-refractivity contribution >= 4 is 17.2 Å². The first kappa shape index (κ1) is 9.92. The zero-order chi connectivity index (χ0) is 10.7. The summed E-state index contributed by atoms with van der Waals surface area (Å²) in [6.45, 7) is 2.46. The average Bonchev–Trinajstić information content (AvgIpc) is 2.84. The fourth-order valence-corrected chi connectivity index (χ4v) is 1.98. The van der Waals surface area contributed by atoms with Crippen LogP contribution in [0.3, 0.4) is 0 Å². The van der Waals surface area contributed by atoms with Gasteiger partial charge in [-0.1, -0.05) is 0 Å². The van der Waals surface area contributed by atoms with Gasteiger partial charge in [-0.25, -0.2) is 4.98 Å². The summed E-state index contributed by atoms with van der Waals surface area (Å²) < 4.78 is 0. The van der Waals surface area contributed by atoms with Crippen LogP contribution in [0.4, 0.5) is 0 Å². The molecule has 4 nitrogen and oxygen atoms in total. The molecule has 0 aliphatic rings. The van der Waals surface area contributed by atoms with Crippen LogP contribution < -0.4 is 5.32 Å². The number of nitrogens with one attached hydrogen (secondary N) is 2. The van der Waals surface area contributed by atoms with E-state index >= 15 is 0 Å². The van der Waals surface area contributed by atoms with Gasteiger partial charge < -0.3 is 10.3 Å². The topological polar surface area (TPSA) is 57.8 Å². The van der Waals surface area contributed by atoms with Crippen LogP contribution in [0.5, 0.6) is 0 Å². The fourth-order valence-electron chi connectivity index (χ4n) is 1.20. The summed E-state index contributed by atoms with van der Waals surface area (Å²) in [5, 5.41) is 2.81. The maximum absolute atomic E-state index is 11.6. The van der Waals surface area contributed by atoms with Gasteiger partial charge in [-0.05, 0) is 19.1 Å². The fraction of sp³-hybridized carbons (Fsp3) is 0.200. The standard InChI is InChI=1S/C10H11N3OS/c1-7-2-3-9(15-7)10(14)12-5-8-4-11-6-13-8/h2-4,6H,5H2,1H3,(H,11,13)(H,12,14). The summed E-state index contributed by atoms with van der Waals surface area (Å²) >= 11 is 1.50. The van der Waals surface area contributed by atoms with Gasteiger partial charge in [0.2, 0.25) is 0 Å². The van der Waals surface area contributed by atoms with Gasteiger partial charge in [-0.15, -0.1) is 11.3 Å². The van der Waals surface area contributed by atoms with E-state index in [0.29, 0.717) is 6.54 Å².